The summed E-state index contributed by atoms with van der Waals surface area (Å²) in [5, 5.41) is 8.62. The van der Waals surface area contributed by atoms with Crippen molar-refractivity contribution in [2.45, 2.75) is 38.5 Å². The van der Waals surface area contributed by atoms with Gasteiger partial charge >= 0.3 is 5.97 Å². The molecule has 0 radical (unpaired) electrons. The summed E-state index contributed by atoms with van der Waals surface area (Å²) in [7, 11) is 0. The zero-order chi connectivity index (χ0) is 10.1. The maximum atomic E-state index is 10.5. The molecule has 0 amide bonds. The highest BCUT2D eigenvalue weighted by Gasteiger charge is 2.25. The van der Waals surface area contributed by atoms with Gasteiger partial charge in [-0.3, -0.25) is 4.79 Å². The Bertz CT molecular complexity index is 352. The minimum Gasteiger partial charge on any atom is -0.481 e. The van der Waals surface area contributed by atoms with Crippen LogP contribution >= 0.6 is 0 Å². The molecule has 1 aliphatic carbocycles. The highest BCUT2D eigenvalue weighted by molar-refractivity contribution is 5.69. The van der Waals surface area contributed by atoms with E-state index in [-0.39, 0.29) is 6.42 Å². The van der Waals surface area contributed by atoms with Crippen molar-refractivity contribution in [3.63, 3.8) is 0 Å². The average Bonchev–Trinajstić information content (AvgIpc) is 2.27. The molecule has 4 nitrogen and oxygen atoms in total. The summed E-state index contributed by atoms with van der Waals surface area (Å²) in [5.41, 5.74) is 0.717. The summed E-state index contributed by atoms with van der Waals surface area (Å²) in [6.45, 7) is 1.80. The normalized spacial score (nSPS) is 16.6. The fourth-order valence-corrected chi connectivity index (χ4v) is 1.58. The summed E-state index contributed by atoms with van der Waals surface area (Å²) < 4.78 is 5.44. The van der Waals surface area contributed by atoms with E-state index in [1.165, 1.54) is 6.42 Å². The molecular formula is C10H13NO3. The standard InChI is InChI=1S/C10H13NO3/c1-6-8(5-9(12)13)14-10(11-6)7-3-2-4-7/h7H,2-5H2,1H3,(H,12,13). The van der Waals surface area contributed by atoms with Crippen molar-refractivity contribution < 1.29 is 14.3 Å². The summed E-state index contributed by atoms with van der Waals surface area (Å²) >= 11 is 0. The van der Waals surface area contributed by atoms with E-state index in [1.807, 2.05) is 0 Å². The molecule has 0 aromatic carbocycles. The number of carboxylic acids is 1. The molecule has 1 saturated carbocycles. The number of hydrogen-bond acceptors (Lipinski definition) is 3. The third-order valence-corrected chi connectivity index (χ3v) is 2.68. The summed E-state index contributed by atoms with van der Waals surface area (Å²) in [5.74, 6) is 0.782. The monoisotopic (exact) mass is 195 g/mol. The molecule has 0 saturated heterocycles. The van der Waals surface area contributed by atoms with E-state index in [9.17, 15) is 4.79 Å². The SMILES string of the molecule is Cc1nc(C2CCC2)oc1CC(=O)O. The van der Waals surface area contributed by atoms with Crippen LogP contribution in [-0.2, 0) is 11.2 Å². The van der Waals surface area contributed by atoms with Gasteiger partial charge in [0.05, 0.1) is 5.69 Å². The first kappa shape index (κ1) is 9.24. The van der Waals surface area contributed by atoms with Gasteiger partial charge in [0, 0.05) is 5.92 Å². The molecule has 14 heavy (non-hydrogen) atoms. The van der Waals surface area contributed by atoms with Crippen molar-refractivity contribution >= 4 is 5.97 Å². The molecule has 0 bridgehead atoms. The first-order valence-electron chi connectivity index (χ1n) is 4.85. The summed E-state index contributed by atoms with van der Waals surface area (Å²) in [6.07, 6.45) is 3.39. The Hall–Kier alpha value is -1.32. The second kappa shape index (κ2) is 3.44. The number of carbonyl (C=O) groups is 1. The predicted molar refractivity (Wildman–Crippen MR) is 49.2 cm³/mol. The quantitative estimate of drug-likeness (QED) is 0.799. The van der Waals surface area contributed by atoms with Gasteiger partial charge < -0.3 is 9.52 Å². The number of nitrogens with zero attached hydrogens (tertiary/aromatic N) is 1. The van der Waals surface area contributed by atoms with Crippen molar-refractivity contribution in [1.29, 1.82) is 0 Å². The first-order valence-corrected chi connectivity index (χ1v) is 4.85. The van der Waals surface area contributed by atoms with Crippen molar-refractivity contribution in [2.75, 3.05) is 0 Å². The molecule has 0 atom stereocenters. The van der Waals surface area contributed by atoms with E-state index >= 15 is 0 Å². The highest BCUT2D eigenvalue weighted by Crippen LogP contribution is 2.36. The van der Waals surface area contributed by atoms with Crippen LogP contribution in [0.25, 0.3) is 0 Å². The molecule has 1 fully saturated rings. The van der Waals surface area contributed by atoms with Gasteiger partial charge in [-0.2, -0.15) is 0 Å². The Labute approximate surface area is 81.9 Å². The minimum absolute atomic E-state index is 0.0639. The largest absolute Gasteiger partial charge is 0.481 e. The van der Waals surface area contributed by atoms with E-state index < -0.39 is 5.97 Å². The van der Waals surface area contributed by atoms with Crippen LogP contribution in [0.4, 0.5) is 0 Å². The first-order chi connectivity index (χ1) is 6.66. The second-order valence-electron chi connectivity index (χ2n) is 3.76. The zero-order valence-electron chi connectivity index (χ0n) is 8.12. The number of carboxylic acid groups (broad SMARTS) is 1. The molecule has 0 spiro atoms. The van der Waals surface area contributed by atoms with Crippen LogP contribution in [-0.4, -0.2) is 16.1 Å². The molecule has 1 heterocycles. The average molecular weight is 195 g/mol. The third-order valence-electron chi connectivity index (χ3n) is 2.68. The fraction of sp³-hybridized carbons (Fsp3) is 0.600. The lowest BCUT2D eigenvalue weighted by Crippen LogP contribution is -2.08. The maximum absolute atomic E-state index is 10.5. The Morgan fingerprint density at radius 3 is 2.86 bits per heavy atom. The van der Waals surface area contributed by atoms with Gasteiger partial charge in [0.2, 0.25) is 0 Å². The Morgan fingerprint density at radius 2 is 2.36 bits per heavy atom. The zero-order valence-corrected chi connectivity index (χ0v) is 8.12. The van der Waals surface area contributed by atoms with Crippen LogP contribution < -0.4 is 0 Å². The number of rotatable bonds is 3. The number of aliphatic carboxylic acids is 1. The van der Waals surface area contributed by atoms with Crippen LogP contribution in [0.1, 0.15) is 42.5 Å². The molecule has 1 aliphatic rings. The van der Waals surface area contributed by atoms with Gasteiger partial charge in [-0.1, -0.05) is 6.42 Å². The highest BCUT2D eigenvalue weighted by atomic mass is 16.4. The van der Waals surface area contributed by atoms with Gasteiger partial charge in [-0.15, -0.1) is 0 Å². The topological polar surface area (TPSA) is 63.3 Å². The van der Waals surface area contributed by atoms with E-state index in [4.69, 9.17) is 9.52 Å². The molecule has 1 aromatic rings. The molecule has 0 aliphatic heterocycles. The molecule has 1 N–H and O–H groups in total. The lowest BCUT2D eigenvalue weighted by Gasteiger charge is -2.21. The lowest BCUT2D eigenvalue weighted by molar-refractivity contribution is -0.136. The summed E-state index contributed by atoms with van der Waals surface area (Å²) in [4.78, 5) is 14.8. The van der Waals surface area contributed by atoms with Crippen molar-refractivity contribution in [2.24, 2.45) is 0 Å². The van der Waals surface area contributed by atoms with Gasteiger partial charge in [0.15, 0.2) is 5.89 Å². The van der Waals surface area contributed by atoms with Crippen molar-refractivity contribution in [3.8, 4) is 0 Å². The molecule has 1 aromatic heterocycles. The van der Waals surface area contributed by atoms with Crippen LogP contribution in [0.5, 0.6) is 0 Å². The smallest absolute Gasteiger partial charge is 0.311 e. The molecule has 4 heteroatoms. The van der Waals surface area contributed by atoms with Crippen molar-refractivity contribution in [3.05, 3.63) is 17.3 Å². The van der Waals surface area contributed by atoms with E-state index in [0.29, 0.717) is 17.4 Å². The second-order valence-corrected chi connectivity index (χ2v) is 3.76. The van der Waals surface area contributed by atoms with Gasteiger partial charge in [-0.05, 0) is 19.8 Å². The Morgan fingerprint density at radius 1 is 1.64 bits per heavy atom. The lowest BCUT2D eigenvalue weighted by atomic mass is 9.85. The molecule has 76 valence electrons. The number of hydrogen-bond donors (Lipinski definition) is 1. The van der Waals surface area contributed by atoms with E-state index in [2.05, 4.69) is 4.98 Å². The predicted octanol–water partition coefficient (Wildman–Crippen LogP) is 1.88. The Kier molecular flexibility index (Phi) is 2.27. The molecule has 0 unspecified atom stereocenters. The van der Waals surface area contributed by atoms with Gasteiger partial charge in [0.1, 0.15) is 12.2 Å². The fourth-order valence-electron chi connectivity index (χ4n) is 1.58. The number of aromatic nitrogens is 1. The van der Waals surface area contributed by atoms with E-state index in [0.717, 1.165) is 18.7 Å². The third kappa shape index (κ3) is 1.64. The van der Waals surface area contributed by atoms with Crippen molar-refractivity contribution in [1.82, 2.24) is 4.98 Å². The number of oxazole rings is 1. The Balaban J connectivity index is 2.16. The van der Waals surface area contributed by atoms with E-state index in [1.54, 1.807) is 6.92 Å². The minimum atomic E-state index is -0.871. The van der Waals surface area contributed by atoms with Crippen LogP contribution in [0.3, 0.4) is 0 Å². The molecular weight excluding hydrogens is 182 g/mol. The summed E-state index contributed by atoms with van der Waals surface area (Å²) in [6, 6.07) is 0. The van der Waals surface area contributed by atoms with Crippen LogP contribution in [0.2, 0.25) is 0 Å². The number of aryl methyl sites for hydroxylation is 1. The molecule has 2 rings (SSSR count). The van der Waals surface area contributed by atoms with Gasteiger partial charge in [-0.25, -0.2) is 4.98 Å². The maximum Gasteiger partial charge on any atom is 0.311 e. The van der Waals surface area contributed by atoms with Crippen LogP contribution in [0.15, 0.2) is 4.42 Å². The van der Waals surface area contributed by atoms with Crippen LogP contribution in [0, 0.1) is 6.92 Å². The van der Waals surface area contributed by atoms with Gasteiger partial charge in [0.25, 0.3) is 0 Å².